The number of aryl methyl sites for hydroxylation is 1. The third-order valence-corrected chi connectivity index (χ3v) is 4.30. The van der Waals surface area contributed by atoms with E-state index in [0.29, 0.717) is 0 Å². The molecule has 4 rings (SSSR count). The van der Waals surface area contributed by atoms with Gasteiger partial charge in [0.25, 0.3) is 0 Å². The van der Waals surface area contributed by atoms with E-state index in [1.165, 1.54) is 38.9 Å². The van der Waals surface area contributed by atoms with E-state index in [-0.39, 0.29) is 12.4 Å². The average molecular weight is 299 g/mol. The van der Waals surface area contributed by atoms with Crippen molar-refractivity contribution in [1.82, 2.24) is 10.3 Å². The second-order valence-corrected chi connectivity index (χ2v) is 5.58. The lowest BCUT2D eigenvalue weighted by Crippen LogP contribution is -2.22. The van der Waals surface area contributed by atoms with Crippen LogP contribution in [-0.2, 0) is 13.0 Å². The van der Waals surface area contributed by atoms with Crippen molar-refractivity contribution in [2.75, 3.05) is 6.54 Å². The molecule has 0 amide bonds. The van der Waals surface area contributed by atoms with E-state index in [9.17, 15) is 0 Å². The number of nitrogens with one attached hydrogen (secondary N) is 2. The highest BCUT2D eigenvalue weighted by Gasteiger charge is 2.15. The maximum atomic E-state index is 3.57. The Balaban J connectivity index is 0.00000132. The van der Waals surface area contributed by atoms with Crippen LogP contribution in [0.1, 0.15) is 16.8 Å². The van der Waals surface area contributed by atoms with Crippen molar-refractivity contribution in [3.63, 3.8) is 0 Å². The third kappa shape index (κ3) is 2.35. The van der Waals surface area contributed by atoms with Crippen LogP contribution in [0, 0.1) is 6.92 Å². The molecule has 2 heterocycles. The lowest BCUT2D eigenvalue weighted by atomic mass is 9.98. The fourth-order valence-corrected chi connectivity index (χ4v) is 3.21. The number of rotatable bonds is 1. The molecule has 3 heteroatoms. The van der Waals surface area contributed by atoms with Gasteiger partial charge in [-0.2, -0.15) is 0 Å². The Bertz CT molecular complexity index is 789. The van der Waals surface area contributed by atoms with Crippen molar-refractivity contribution >= 4 is 23.3 Å². The molecule has 0 unspecified atom stereocenters. The van der Waals surface area contributed by atoms with Crippen molar-refractivity contribution < 1.29 is 0 Å². The predicted molar refractivity (Wildman–Crippen MR) is 91.1 cm³/mol. The molecule has 0 aliphatic carbocycles. The highest BCUT2D eigenvalue weighted by molar-refractivity contribution is 5.89. The summed E-state index contributed by atoms with van der Waals surface area (Å²) < 4.78 is 0. The van der Waals surface area contributed by atoms with Crippen LogP contribution in [0.2, 0.25) is 0 Å². The van der Waals surface area contributed by atoms with Crippen molar-refractivity contribution in [2.24, 2.45) is 0 Å². The molecule has 3 aromatic rings. The van der Waals surface area contributed by atoms with Crippen LogP contribution in [0.5, 0.6) is 0 Å². The summed E-state index contributed by atoms with van der Waals surface area (Å²) in [6.45, 7) is 4.23. The van der Waals surface area contributed by atoms with Gasteiger partial charge in [0.05, 0.1) is 0 Å². The largest absolute Gasteiger partial charge is 0.358 e. The molecule has 0 saturated heterocycles. The smallest absolute Gasteiger partial charge is 0.0459 e. The van der Waals surface area contributed by atoms with Gasteiger partial charge in [-0.05, 0) is 41.3 Å². The Labute approximate surface area is 131 Å². The molecule has 2 aromatic carbocycles. The zero-order valence-corrected chi connectivity index (χ0v) is 12.9. The normalized spacial score (nSPS) is 13.8. The van der Waals surface area contributed by atoms with Gasteiger partial charge in [-0.25, -0.2) is 0 Å². The van der Waals surface area contributed by atoms with Crippen molar-refractivity contribution in [2.45, 2.75) is 19.9 Å². The van der Waals surface area contributed by atoms with E-state index in [2.05, 4.69) is 59.7 Å². The molecule has 2 N–H and O–H groups in total. The molecule has 1 aliphatic rings. The Kier molecular flexibility index (Phi) is 3.75. The van der Waals surface area contributed by atoms with Crippen LogP contribution >= 0.6 is 12.4 Å². The number of fused-ring (bicyclic) bond motifs is 3. The topological polar surface area (TPSA) is 27.8 Å². The monoisotopic (exact) mass is 298 g/mol. The van der Waals surface area contributed by atoms with E-state index >= 15 is 0 Å². The summed E-state index contributed by atoms with van der Waals surface area (Å²) >= 11 is 0. The first kappa shape index (κ1) is 14.2. The van der Waals surface area contributed by atoms with E-state index in [1.54, 1.807) is 0 Å². The lowest BCUT2D eigenvalue weighted by Gasteiger charge is -2.12. The van der Waals surface area contributed by atoms with Crippen LogP contribution in [0.15, 0.2) is 42.5 Å². The van der Waals surface area contributed by atoms with Crippen molar-refractivity contribution in [1.29, 1.82) is 0 Å². The highest BCUT2D eigenvalue weighted by Crippen LogP contribution is 2.30. The highest BCUT2D eigenvalue weighted by atomic mass is 35.5. The van der Waals surface area contributed by atoms with Gasteiger partial charge >= 0.3 is 0 Å². The second kappa shape index (κ2) is 5.55. The average Bonchev–Trinajstić information content (AvgIpc) is 2.85. The fourth-order valence-electron chi connectivity index (χ4n) is 3.21. The quantitative estimate of drug-likeness (QED) is 0.692. The molecule has 2 nitrogen and oxygen atoms in total. The molecule has 0 bridgehead atoms. The molecule has 1 aliphatic heterocycles. The van der Waals surface area contributed by atoms with Crippen LogP contribution in [-0.4, -0.2) is 11.5 Å². The number of benzene rings is 2. The Morgan fingerprint density at radius 3 is 2.76 bits per heavy atom. The molecule has 0 radical (unpaired) electrons. The van der Waals surface area contributed by atoms with Gasteiger partial charge in [-0.1, -0.05) is 30.3 Å². The van der Waals surface area contributed by atoms with Gasteiger partial charge in [-0.3, -0.25) is 0 Å². The first-order valence-corrected chi connectivity index (χ1v) is 7.23. The molecule has 108 valence electrons. The molecule has 0 fully saturated rings. The molecular formula is C18H19ClN2. The minimum absolute atomic E-state index is 0. The Morgan fingerprint density at radius 1 is 1.05 bits per heavy atom. The van der Waals surface area contributed by atoms with Crippen molar-refractivity contribution in [3.8, 4) is 11.1 Å². The maximum Gasteiger partial charge on any atom is 0.0459 e. The van der Waals surface area contributed by atoms with Gasteiger partial charge in [0, 0.05) is 36.1 Å². The summed E-state index contributed by atoms with van der Waals surface area (Å²) in [6.07, 6.45) is 1.10. The molecular weight excluding hydrogens is 280 g/mol. The maximum absolute atomic E-state index is 3.57. The Morgan fingerprint density at radius 2 is 1.90 bits per heavy atom. The molecule has 0 saturated carbocycles. The Hall–Kier alpha value is -1.77. The van der Waals surface area contributed by atoms with Crippen molar-refractivity contribution in [3.05, 3.63) is 59.3 Å². The van der Waals surface area contributed by atoms with Gasteiger partial charge in [0.2, 0.25) is 0 Å². The predicted octanol–water partition coefficient (Wildman–Crippen LogP) is 4.21. The number of H-pyrrole nitrogens is 1. The van der Waals surface area contributed by atoms with Crippen LogP contribution in [0.4, 0.5) is 0 Å². The first-order chi connectivity index (χ1) is 9.83. The zero-order valence-electron chi connectivity index (χ0n) is 12.1. The fraction of sp³-hybridized carbons (Fsp3) is 0.222. The number of aromatic nitrogens is 1. The van der Waals surface area contributed by atoms with E-state index < -0.39 is 0 Å². The minimum Gasteiger partial charge on any atom is -0.358 e. The molecule has 1 aromatic heterocycles. The summed E-state index contributed by atoms with van der Waals surface area (Å²) in [5, 5.41) is 4.84. The van der Waals surface area contributed by atoms with Crippen LogP contribution < -0.4 is 5.32 Å². The summed E-state index contributed by atoms with van der Waals surface area (Å²) in [5.74, 6) is 0. The van der Waals surface area contributed by atoms with Gasteiger partial charge in [-0.15, -0.1) is 12.4 Å². The van der Waals surface area contributed by atoms with Gasteiger partial charge in [0.15, 0.2) is 0 Å². The van der Waals surface area contributed by atoms with E-state index in [4.69, 9.17) is 0 Å². The number of aromatic amines is 1. The third-order valence-electron chi connectivity index (χ3n) is 4.30. The zero-order chi connectivity index (χ0) is 13.5. The van der Waals surface area contributed by atoms with Crippen LogP contribution in [0.3, 0.4) is 0 Å². The minimum atomic E-state index is 0. The summed E-state index contributed by atoms with van der Waals surface area (Å²) in [7, 11) is 0. The summed E-state index contributed by atoms with van der Waals surface area (Å²) in [6, 6.07) is 15.4. The number of halogens is 1. The number of hydrogen-bond acceptors (Lipinski definition) is 1. The molecule has 21 heavy (non-hydrogen) atoms. The standard InChI is InChI=1S/C18H18N2.ClH/c1-12-4-2-3-5-14(12)13-6-7-17-15(10-13)16-11-19-9-8-18(16)20-17;/h2-7,10,19-20H,8-9,11H2,1H3;1H. The number of hydrogen-bond donors (Lipinski definition) is 2. The van der Waals surface area contributed by atoms with E-state index in [1.807, 2.05) is 0 Å². The van der Waals surface area contributed by atoms with Gasteiger partial charge in [0.1, 0.15) is 0 Å². The SMILES string of the molecule is Cc1ccccc1-c1ccc2[nH]c3c(c2c1)CNCC3.Cl. The molecule has 0 spiro atoms. The second-order valence-electron chi connectivity index (χ2n) is 5.58. The summed E-state index contributed by atoms with van der Waals surface area (Å²) in [5.41, 5.74) is 8.07. The summed E-state index contributed by atoms with van der Waals surface area (Å²) in [4.78, 5) is 3.57. The molecule has 0 atom stereocenters. The first-order valence-electron chi connectivity index (χ1n) is 7.23. The van der Waals surface area contributed by atoms with Gasteiger partial charge < -0.3 is 10.3 Å². The van der Waals surface area contributed by atoms with Crippen LogP contribution in [0.25, 0.3) is 22.0 Å². The van der Waals surface area contributed by atoms with E-state index in [0.717, 1.165) is 19.5 Å². The lowest BCUT2D eigenvalue weighted by molar-refractivity contribution is 0.641.